The Morgan fingerprint density at radius 3 is 2.44 bits per heavy atom. The molecule has 0 bridgehead atoms. The number of nitrogens with zero attached hydrogens (tertiary/aromatic N) is 4. The maximum atomic E-state index is 11.7. The minimum atomic E-state index is -0.954. The summed E-state index contributed by atoms with van der Waals surface area (Å²) in [5, 5.41) is 14.5. The Hall–Kier alpha value is -3.88. The van der Waals surface area contributed by atoms with Crippen LogP contribution in [0.1, 0.15) is 65.4 Å². The molecule has 2 aliphatic heterocycles. The van der Waals surface area contributed by atoms with E-state index in [1.54, 1.807) is 24.4 Å². The number of piperidine rings is 1. The molecule has 2 aromatic carbocycles. The van der Waals surface area contributed by atoms with Crippen molar-refractivity contribution in [3.8, 4) is 5.69 Å². The average Bonchev–Trinajstić information content (AvgIpc) is 3.47. The molecule has 2 fully saturated rings. The lowest BCUT2D eigenvalue weighted by atomic mass is 9.91. The van der Waals surface area contributed by atoms with Gasteiger partial charge in [-0.25, -0.2) is 4.79 Å². The molecule has 0 saturated carbocycles. The molecule has 7 nitrogen and oxygen atoms in total. The highest BCUT2D eigenvalue weighted by atomic mass is 35.5. The van der Waals surface area contributed by atoms with Crippen molar-refractivity contribution in [2.24, 2.45) is 11.8 Å². The first-order chi connectivity index (χ1) is 20.6. The normalized spacial score (nSPS) is 22.1. The number of thiocarbonyl (C=S) groups is 1. The molecule has 2 aromatic heterocycles. The smallest absolute Gasteiger partial charge is 0.335 e. The lowest BCUT2D eigenvalue weighted by Gasteiger charge is -2.37. The third-order valence-electron chi connectivity index (χ3n) is 8.66. The number of anilines is 2. The Morgan fingerprint density at radius 1 is 1.00 bits per heavy atom. The maximum Gasteiger partial charge on any atom is 0.335 e. The molecule has 4 aromatic rings. The summed E-state index contributed by atoms with van der Waals surface area (Å²) < 4.78 is 2.10. The van der Waals surface area contributed by atoms with Gasteiger partial charge in [0.1, 0.15) is 0 Å². The largest absolute Gasteiger partial charge is 0.478 e. The van der Waals surface area contributed by atoms with E-state index < -0.39 is 5.97 Å². The van der Waals surface area contributed by atoms with Gasteiger partial charge in [-0.3, -0.25) is 4.98 Å². The summed E-state index contributed by atoms with van der Waals surface area (Å²) in [6, 6.07) is 20.9. The van der Waals surface area contributed by atoms with Gasteiger partial charge in [0.15, 0.2) is 5.11 Å². The molecule has 4 atom stereocenters. The first-order valence-corrected chi connectivity index (χ1v) is 15.5. The first kappa shape index (κ1) is 29.2. The number of aromatic carboxylic acids is 1. The molecule has 0 radical (unpaired) electrons. The summed E-state index contributed by atoms with van der Waals surface area (Å²) in [5.74, 6) is 0.277. The Morgan fingerprint density at radius 2 is 1.77 bits per heavy atom. The van der Waals surface area contributed by atoms with Crippen LogP contribution in [0.5, 0.6) is 0 Å². The number of nitrogens with one attached hydrogen (secondary N) is 1. The van der Waals surface area contributed by atoms with Crippen LogP contribution in [0.3, 0.4) is 0 Å². The average molecular weight is 614 g/mol. The Kier molecular flexibility index (Phi) is 7.92. The molecule has 2 N–H and O–H groups in total. The molecule has 9 heteroatoms. The van der Waals surface area contributed by atoms with Gasteiger partial charge < -0.3 is 24.8 Å². The van der Waals surface area contributed by atoms with Crippen molar-refractivity contribution >= 4 is 46.3 Å². The van der Waals surface area contributed by atoms with E-state index in [9.17, 15) is 9.90 Å². The fourth-order valence-electron chi connectivity index (χ4n) is 6.97. The molecular formula is C34H36ClN5O2S. The lowest BCUT2D eigenvalue weighted by Crippen LogP contribution is -2.38. The highest BCUT2D eigenvalue weighted by Gasteiger charge is 2.42. The van der Waals surface area contributed by atoms with E-state index in [2.05, 4.69) is 58.7 Å². The van der Waals surface area contributed by atoms with Crippen LogP contribution < -0.4 is 15.1 Å². The molecule has 0 amide bonds. The Labute approximate surface area is 263 Å². The number of hydrogen-bond acceptors (Lipinski definition) is 4. The van der Waals surface area contributed by atoms with Crippen molar-refractivity contribution in [2.45, 2.75) is 46.2 Å². The van der Waals surface area contributed by atoms with Crippen LogP contribution in [0, 0.1) is 25.7 Å². The second kappa shape index (κ2) is 11.7. The fraction of sp³-hybridized carbons (Fsp3) is 0.324. The number of benzene rings is 2. The van der Waals surface area contributed by atoms with Gasteiger partial charge in [0, 0.05) is 42.0 Å². The van der Waals surface area contributed by atoms with Crippen molar-refractivity contribution in [2.75, 3.05) is 22.9 Å². The number of rotatable bonds is 6. The van der Waals surface area contributed by atoms with Crippen LogP contribution in [0.2, 0.25) is 5.02 Å². The molecular weight excluding hydrogens is 578 g/mol. The highest BCUT2D eigenvalue weighted by Crippen LogP contribution is 2.45. The van der Waals surface area contributed by atoms with E-state index in [1.807, 2.05) is 37.3 Å². The van der Waals surface area contributed by atoms with Crippen LogP contribution in [0.25, 0.3) is 5.69 Å². The molecule has 43 heavy (non-hydrogen) atoms. The third kappa shape index (κ3) is 5.50. The monoisotopic (exact) mass is 613 g/mol. The van der Waals surface area contributed by atoms with Gasteiger partial charge in [-0.1, -0.05) is 37.6 Å². The van der Waals surface area contributed by atoms with Gasteiger partial charge in [-0.2, -0.15) is 0 Å². The number of pyridine rings is 1. The van der Waals surface area contributed by atoms with Crippen molar-refractivity contribution in [3.63, 3.8) is 0 Å². The van der Waals surface area contributed by atoms with Gasteiger partial charge in [-0.15, -0.1) is 0 Å². The zero-order valence-corrected chi connectivity index (χ0v) is 26.4. The second-order valence-corrected chi connectivity index (χ2v) is 12.8. The summed E-state index contributed by atoms with van der Waals surface area (Å²) in [6.45, 7) is 10.7. The molecule has 2 aliphatic rings. The van der Waals surface area contributed by atoms with E-state index >= 15 is 0 Å². The van der Waals surface area contributed by atoms with E-state index in [4.69, 9.17) is 28.8 Å². The highest BCUT2D eigenvalue weighted by molar-refractivity contribution is 7.80. The summed E-state index contributed by atoms with van der Waals surface area (Å²) in [7, 11) is 0. The molecule has 0 unspecified atom stereocenters. The van der Waals surface area contributed by atoms with E-state index in [0.29, 0.717) is 22.0 Å². The number of carboxylic acid groups (broad SMARTS) is 1. The van der Waals surface area contributed by atoms with Crippen molar-refractivity contribution in [1.82, 2.24) is 14.9 Å². The molecule has 2 saturated heterocycles. The topological polar surface area (TPSA) is 73.6 Å². The number of carboxylic acids is 1. The predicted molar refractivity (Wildman–Crippen MR) is 177 cm³/mol. The summed E-state index contributed by atoms with van der Waals surface area (Å²) in [4.78, 5) is 21.0. The van der Waals surface area contributed by atoms with Crippen LogP contribution in [-0.4, -0.2) is 38.8 Å². The quantitative estimate of drug-likeness (QED) is 0.218. The Bertz CT molecular complexity index is 1680. The Balaban J connectivity index is 1.44. The van der Waals surface area contributed by atoms with E-state index in [0.717, 1.165) is 52.8 Å². The zero-order chi connectivity index (χ0) is 30.4. The predicted octanol–water partition coefficient (Wildman–Crippen LogP) is 7.50. The summed E-state index contributed by atoms with van der Waals surface area (Å²) in [5.41, 5.74) is 6.95. The van der Waals surface area contributed by atoms with Gasteiger partial charge in [-0.05, 0) is 104 Å². The number of halogens is 1. The molecule has 6 rings (SSSR count). The lowest BCUT2D eigenvalue weighted by molar-refractivity contribution is 0.0697. The first-order valence-electron chi connectivity index (χ1n) is 14.7. The second-order valence-electron chi connectivity index (χ2n) is 12.0. The zero-order valence-electron chi connectivity index (χ0n) is 24.8. The summed E-state index contributed by atoms with van der Waals surface area (Å²) >= 11 is 13.0. The molecule has 0 aliphatic carbocycles. The van der Waals surface area contributed by atoms with E-state index in [1.165, 1.54) is 6.42 Å². The molecule has 0 spiro atoms. The van der Waals surface area contributed by atoms with Crippen LogP contribution in [0.4, 0.5) is 11.4 Å². The third-order valence-corrected chi connectivity index (χ3v) is 9.27. The minimum Gasteiger partial charge on any atom is -0.478 e. The van der Waals surface area contributed by atoms with Crippen molar-refractivity contribution in [1.29, 1.82) is 0 Å². The van der Waals surface area contributed by atoms with Crippen LogP contribution in [0.15, 0.2) is 72.9 Å². The minimum absolute atomic E-state index is 0.213. The number of hydrogen-bond donors (Lipinski definition) is 2. The standard InChI is InChI=1S/C34H36ClN5O2S/c1-20-14-21(2)19-38(18-20)30-12-11-26(17-28(30)35)40-32(31(37-34(40)43)29-10-5-6-13-36-29)27-15-22(3)39(23(27)4)25-9-7-8-24(16-25)33(41)42/h5-13,15-17,20-21,31-32H,14,18-19H2,1-4H3,(H,37,43)(H,41,42)/t20-,21-,31+,32-/m1/s1. The number of aryl methyl sites for hydroxylation is 1. The van der Waals surface area contributed by atoms with Gasteiger partial charge in [0.25, 0.3) is 0 Å². The number of carbonyl (C=O) groups is 1. The fourth-order valence-corrected chi connectivity index (χ4v) is 7.61. The maximum absolute atomic E-state index is 11.7. The van der Waals surface area contributed by atoms with Crippen LogP contribution in [-0.2, 0) is 0 Å². The number of aromatic nitrogens is 2. The SMILES string of the molecule is Cc1cc([C@@H]2[C@H](c3ccccn3)NC(=S)N2c2ccc(N3C[C@H](C)C[C@@H](C)C3)c(Cl)c2)c(C)n1-c1cccc(C(=O)O)c1. The molecule has 4 heterocycles. The molecule has 222 valence electrons. The van der Waals surface area contributed by atoms with Gasteiger partial charge in [0.05, 0.1) is 34.1 Å². The summed E-state index contributed by atoms with van der Waals surface area (Å²) in [6.07, 6.45) is 3.03. The van der Waals surface area contributed by atoms with Gasteiger partial charge >= 0.3 is 5.97 Å². The van der Waals surface area contributed by atoms with Crippen molar-refractivity contribution < 1.29 is 9.90 Å². The van der Waals surface area contributed by atoms with Crippen molar-refractivity contribution in [3.05, 3.63) is 106 Å². The van der Waals surface area contributed by atoms with Gasteiger partial charge in [0.2, 0.25) is 0 Å². The van der Waals surface area contributed by atoms with Crippen LogP contribution >= 0.6 is 23.8 Å². The van der Waals surface area contributed by atoms with E-state index in [-0.39, 0.29) is 17.6 Å².